The van der Waals surface area contributed by atoms with Crippen LogP contribution >= 0.6 is 0 Å². The second kappa shape index (κ2) is 6.65. The number of ether oxygens (including phenoxy) is 1. The van der Waals surface area contributed by atoms with Crippen molar-refractivity contribution >= 4 is 11.8 Å². The van der Waals surface area contributed by atoms with Crippen molar-refractivity contribution in [2.75, 3.05) is 11.9 Å². The Morgan fingerprint density at radius 1 is 1.30 bits per heavy atom. The molecule has 2 aromatic heterocycles. The molecular formula is C15H17N3O2. The van der Waals surface area contributed by atoms with E-state index in [0.29, 0.717) is 18.0 Å². The molecule has 1 atom stereocenters. The number of nitrogens with zero attached hydrogens (tertiary/aromatic N) is 2. The molecule has 0 fully saturated rings. The van der Waals surface area contributed by atoms with Crippen molar-refractivity contribution in [3.63, 3.8) is 0 Å². The van der Waals surface area contributed by atoms with E-state index >= 15 is 0 Å². The van der Waals surface area contributed by atoms with Crippen molar-refractivity contribution in [1.29, 1.82) is 0 Å². The average molecular weight is 271 g/mol. The minimum absolute atomic E-state index is 0.110. The summed E-state index contributed by atoms with van der Waals surface area (Å²) in [5.41, 5.74) is 1.57. The fraction of sp³-hybridized carbons (Fsp3) is 0.267. The van der Waals surface area contributed by atoms with E-state index in [4.69, 9.17) is 4.74 Å². The predicted molar refractivity (Wildman–Crippen MR) is 76.5 cm³/mol. The van der Waals surface area contributed by atoms with Gasteiger partial charge in [0.15, 0.2) is 0 Å². The molecule has 5 heteroatoms. The lowest BCUT2D eigenvalue weighted by Gasteiger charge is -2.14. The minimum Gasteiger partial charge on any atom is -0.462 e. The molecule has 1 N–H and O–H groups in total. The molecule has 0 radical (unpaired) electrons. The van der Waals surface area contributed by atoms with Gasteiger partial charge in [0.05, 0.1) is 18.2 Å². The number of pyridine rings is 2. The number of anilines is 1. The number of rotatable bonds is 5. The van der Waals surface area contributed by atoms with E-state index in [-0.39, 0.29) is 12.0 Å². The highest BCUT2D eigenvalue weighted by Gasteiger charge is 2.08. The summed E-state index contributed by atoms with van der Waals surface area (Å²) in [5.74, 6) is 0.357. The maximum atomic E-state index is 11.5. The van der Waals surface area contributed by atoms with Gasteiger partial charge in [-0.25, -0.2) is 9.78 Å². The topological polar surface area (TPSA) is 64.1 Å². The van der Waals surface area contributed by atoms with E-state index in [1.54, 1.807) is 31.5 Å². The number of carbonyl (C=O) groups excluding carboxylic acids is 1. The fourth-order valence-electron chi connectivity index (χ4n) is 1.77. The monoisotopic (exact) mass is 271 g/mol. The van der Waals surface area contributed by atoms with Crippen molar-refractivity contribution in [3.05, 3.63) is 54.0 Å². The minimum atomic E-state index is -0.353. The summed E-state index contributed by atoms with van der Waals surface area (Å²) in [5, 5.41) is 3.27. The standard InChI is InChI=1S/C15H17N3O2/c1-3-20-15(19)13-4-5-14(17-10-13)18-11(2)12-6-8-16-9-7-12/h4-11H,3H2,1-2H3,(H,17,18). The normalized spacial score (nSPS) is 11.7. The van der Waals surface area contributed by atoms with Crippen molar-refractivity contribution in [1.82, 2.24) is 9.97 Å². The molecule has 0 amide bonds. The number of esters is 1. The Morgan fingerprint density at radius 2 is 2.05 bits per heavy atom. The molecule has 0 saturated heterocycles. The molecule has 0 spiro atoms. The van der Waals surface area contributed by atoms with Gasteiger partial charge in [0, 0.05) is 18.6 Å². The molecular weight excluding hydrogens is 254 g/mol. The third kappa shape index (κ3) is 3.54. The second-order valence-electron chi connectivity index (χ2n) is 4.30. The first-order valence-electron chi connectivity index (χ1n) is 6.50. The zero-order valence-corrected chi connectivity index (χ0v) is 11.5. The largest absolute Gasteiger partial charge is 0.462 e. The smallest absolute Gasteiger partial charge is 0.339 e. The Bertz CT molecular complexity index is 555. The highest BCUT2D eigenvalue weighted by atomic mass is 16.5. The summed E-state index contributed by atoms with van der Waals surface area (Å²) < 4.78 is 4.91. The van der Waals surface area contributed by atoms with Gasteiger partial charge in [0.25, 0.3) is 0 Å². The molecule has 20 heavy (non-hydrogen) atoms. The summed E-state index contributed by atoms with van der Waals surface area (Å²) in [6.07, 6.45) is 5.02. The SMILES string of the molecule is CCOC(=O)c1ccc(NC(C)c2ccncc2)nc1. The van der Waals surface area contributed by atoms with Crippen molar-refractivity contribution in [2.24, 2.45) is 0 Å². The predicted octanol–water partition coefficient (Wildman–Crippen LogP) is 2.83. The third-order valence-electron chi connectivity index (χ3n) is 2.85. The Kier molecular flexibility index (Phi) is 4.65. The van der Waals surface area contributed by atoms with E-state index < -0.39 is 0 Å². The van der Waals surface area contributed by atoms with Crippen LogP contribution in [0.5, 0.6) is 0 Å². The number of hydrogen-bond donors (Lipinski definition) is 1. The van der Waals surface area contributed by atoms with Crippen molar-refractivity contribution in [3.8, 4) is 0 Å². The van der Waals surface area contributed by atoms with Gasteiger partial charge in [0.2, 0.25) is 0 Å². The van der Waals surface area contributed by atoms with E-state index in [1.165, 1.54) is 6.20 Å². The van der Waals surface area contributed by atoms with Gasteiger partial charge < -0.3 is 10.1 Å². The van der Waals surface area contributed by atoms with Gasteiger partial charge >= 0.3 is 5.97 Å². The summed E-state index contributed by atoms with van der Waals surface area (Å²) in [6, 6.07) is 7.48. The van der Waals surface area contributed by atoms with Crippen LogP contribution in [0.15, 0.2) is 42.9 Å². The lowest BCUT2D eigenvalue weighted by atomic mass is 10.1. The highest BCUT2D eigenvalue weighted by Crippen LogP contribution is 2.17. The molecule has 0 bridgehead atoms. The fourth-order valence-corrected chi connectivity index (χ4v) is 1.77. The Labute approximate surface area is 118 Å². The summed E-state index contributed by atoms with van der Waals surface area (Å²) in [7, 11) is 0. The van der Waals surface area contributed by atoms with Crippen LogP contribution in [-0.2, 0) is 4.74 Å². The number of nitrogens with one attached hydrogen (secondary N) is 1. The molecule has 2 heterocycles. The summed E-state index contributed by atoms with van der Waals surface area (Å²) >= 11 is 0. The number of hydrogen-bond acceptors (Lipinski definition) is 5. The molecule has 2 aromatic rings. The van der Waals surface area contributed by atoms with Crippen LogP contribution in [0.25, 0.3) is 0 Å². The van der Waals surface area contributed by atoms with E-state index in [0.717, 1.165) is 5.56 Å². The lowest BCUT2D eigenvalue weighted by Crippen LogP contribution is -2.09. The summed E-state index contributed by atoms with van der Waals surface area (Å²) in [6.45, 7) is 4.17. The van der Waals surface area contributed by atoms with Crippen LogP contribution in [-0.4, -0.2) is 22.5 Å². The van der Waals surface area contributed by atoms with Gasteiger partial charge in [-0.05, 0) is 43.7 Å². The molecule has 0 aliphatic rings. The third-order valence-corrected chi connectivity index (χ3v) is 2.85. The van der Waals surface area contributed by atoms with E-state index in [1.807, 2.05) is 19.1 Å². The summed E-state index contributed by atoms with van der Waals surface area (Å²) in [4.78, 5) is 19.7. The molecule has 0 aliphatic carbocycles. The number of aromatic nitrogens is 2. The Morgan fingerprint density at radius 3 is 2.65 bits per heavy atom. The molecule has 0 saturated carbocycles. The first kappa shape index (κ1) is 14.0. The Hall–Kier alpha value is -2.43. The maximum Gasteiger partial charge on any atom is 0.339 e. The van der Waals surface area contributed by atoms with Crippen molar-refractivity contribution < 1.29 is 9.53 Å². The van der Waals surface area contributed by atoms with Crippen LogP contribution < -0.4 is 5.32 Å². The van der Waals surface area contributed by atoms with Crippen LogP contribution in [0.3, 0.4) is 0 Å². The zero-order valence-electron chi connectivity index (χ0n) is 11.5. The average Bonchev–Trinajstić information content (AvgIpc) is 2.49. The lowest BCUT2D eigenvalue weighted by molar-refractivity contribution is 0.0526. The molecule has 104 valence electrons. The Balaban J connectivity index is 2.02. The molecule has 0 aliphatic heterocycles. The molecule has 0 aromatic carbocycles. The van der Waals surface area contributed by atoms with Gasteiger partial charge in [-0.2, -0.15) is 0 Å². The van der Waals surface area contributed by atoms with Gasteiger partial charge in [-0.1, -0.05) is 0 Å². The van der Waals surface area contributed by atoms with Gasteiger partial charge in [-0.15, -0.1) is 0 Å². The van der Waals surface area contributed by atoms with Gasteiger partial charge in [0.1, 0.15) is 5.82 Å². The quantitative estimate of drug-likeness (QED) is 0.847. The molecule has 2 rings (SSSR count). The van der Waals surface area contributed by atoms with E-state index in [9.17, 15) is 4.79 Å². The van der Waals surface area contributed by atoms with Crippen molar-refractivity contribution in [2.45, 2.75) is 19.9 Å². The van der Waals surface area contributed by atoms with Crippen LogP contribution in [0.2, 0.25) is 0 Å². The molecule has 5 nitrogen and oxygen atoms in total. The zero-order chi connectivity index (χ0) is 14.4. The number of carbonyl (C=O) groups is 1. The first-order chi connectivity index (χ1) is 9.70. The molecule has 1 unspecified atom stereocenters. The maximum absolute atomic E-state index is 11.5. The van der Waals surface area contributed by atoms with Crippen LogP contribution in [0.1, 0.15) is 35.8 Å². The van der Waals surface area contributed by atoms with Crippen LogP contribution in [0, 0.1) is 0 Å². The first-order valence-corrected chi connectivity index (χ1v) is 6.50. The second-order valence-corrected chi connectivity index (χ2v) is 4.30. The van der Waals surface area contributed by atoms with Crippen LogP contribution in [0.4, 0.5) is 5.82 Å². The van der Waals surface area contributed by atoms with E-state index in [2.05, 4.69) is 15.3 Å². The van der Waals surface area contributed by atoms with Gasteiger partial charge in [-0.3, -0.25) is 4.98 Å². The highest BCUT2D eigenvalue weighted by molar-refractivity contribution is 5.89.